The van der Waals surface area contributed by atoms with Crippen LogP contribution in [0.2, 0.25) is 0 Å². The van der Waals surface area contributed by atoms with Crippen molar-refractivity contribution in [1.29, 1.82) is 0 Å². The summed E-state index contributed by atoms with van der Waals surface area (Å²) in [7, 11) is 1.52. The van der Waals surface area contributed by atoms with E-state index in [9.17, 15) is 9.90 Å². The minimum atomic E-state index is 0.0854. The molecule has 0 aromatic heterocycles. The lowest BCUT2D eigenvalue weighted by atomic mass is 9.95. The van der Waals surface area contributed by atoms with Gasteiger partial charge in [0.15, 0.2) is 11.5 Å². The van der Waals surface area contributed by atoms with E-state index in [1.54, 1.807) is 18.2 Å². The smallest absolute Gasteiger partial charge is 0.165 e. The molecule has 0 spiro atoms. The number of carbonyl (C=O) groups is 1. The maximum atomic E-state index is 10.6. The first kappa shape index (κ1) is 15.6. The van der Waals surface area contributed by atoms with Crippen LogP contribution in [0.15, 0.2) is 55.1 Å². The number of ether oxygens (including phenoxy) is 1. The number of phenolic OH excluding ortho intramolecular Hbond substituents is 1. The fourth-order valence-corrected chi connectivity index (χ4v) is 2.34. The summed E-state index contributed by atoms with van der Waals surface area (Å²) in [6.07, 6.45) is 6.35. The minimum Gasteiger partial charge on any atom is -0.504 e. The summed E-state index contributed by atoms with van der Waals surface area (Å²) in [5.41, 5.74) is 3.35. The summed E-state index contributed by atoms with van der Waals surface area (Å²) in [5, 5.41) is 10.4. The Kier molecular flexibility index (Phi) is 5.15. The van der Waals surface area contributed by atoms with Gasteiger partial charge in [0, 0.05) is 5.56 Å². The zero-order valence-corrected chi connectivity index (χ0v) is 12.5. The van der Waals surface area contributed by atoms with E-state index in [1.807, 2.05) is 30.3 Å². The van der Waals surface area contributed by atoms with Crippen molar-refractivity contribution >= 4 is 12.4 Å². The van der Waals surface area contributed by atoms with Crippen LogP contribution in [-0.2, 0) is 11.2 Å². The van der Waals surface area contributed by atoms with Crippen molar-refractivity contribution in [3.05, 3.63) is 66.3 Å². The third-order valence-corrected chi connectivity index (χ3v) is 3.34. The molecular formula is C19H18O3. The van der Waals surface area contributed by atoms with Crippen molar-refractivity contribution in [2.24, 2.45) is 0 Å². The Hall–Kier alpha value is -2.81. The van der Waals surface area contributed by atoms with Crippen LogP contribution in [0.5, 0.6) is 11.5 Å². The Morgan fingerprint density at radius 3 is 2.68 bits per heavy atom. The first-order valence-electron chi connectivity index (χ1n) is 6.93. The molecule has 0 radical (unpaired) electrons. The highest BCUT2D eigenvalue weighted by molar-refractivity contribution is 5.84. The molecule has 2 aromatic carbocycles. The quantitative estimate of drug-likeness (QED) is 0.497. The molecule has 0 aliphatic heterocycles. The van der Waals surface area contributed by atoms with Crippen LogP contribution in [0.3, 0.4) is 0 Å². The summed E-state index contributed by atoms with van der Waals surface area (Å²) < 4.78 is 5.26. The zero-order chi connectivity index (χ0) is 15.9. The molecule has 0 fully saturated rings. The first-order chi connectivity index (χ1) is 10.7. The predicted octanol–water partition coefficient (Wildman–Crippen LogP) is 4.01. The molecule has 3 heteroatoms. The van der Waals surface area contributed by atoms with Crippen molar-refractivity contribution in [2.45, 2.75) is 6.42 Å². The van der Waals surface area contributed by atoms with Gasteiger partial charge in [0.1, 0.15) is 6.29 Å². The summed E-state index contributed by atoms with van der Waals surface area (Å²) in [5.74, 6) is 0.505. The van der Waals surface area contributed by atoms with E-state index in [0.29, 0.717) is 17.7 Å². The molecule has 3 nitrogen and oxygen atoms in total. The molecule has 0 aliphatic carbocycles. The summed E-state index contributed by atoms with van der Waals surface area (Å²) >= 11 is 0. The Balaban J connectivity index is 2.65. The zero-order valence-electron chi connectivity index (χ0n) is 12.5. The number of allylic oxidation sites excluding steroid dienone is 2. The molecule has 112 valence electrons. The molecule has 0 saturated heterocycles. The van der Waals surface area contributed by atoms with E-state index in [-0.39, 0.29) is 5.75 Å². The largest absolute Gasteiger partial charge is 0.504 e. The van der Waals surface area contributed by atoms with E-state index in [1.165, 1.54) is 13.2 Å². The lowest BCUT2D eigenvalue weighted by Crippen LogP contribution is -1.92. The second-order valence-electron chi connectivity index (χ2n) is 4.77. The van der Waals surface area contributed by atoms with Crippen molar-refractivity contribution in [3.63, 3.8) is 0 Å². The fraction of sp³-hybridized carbons (Fsp3) is 0.105. The SMILES string of the molecule is C=CCc1cc(OC)c(O)c(-c2ccccc2C=CC=O)c1. The van der Waals surface area contributed by atoms with Crippen LogP contribution in [0, 0.1) is 0 Å². The maximum Gasteiger partial charge on any atom is 0.165 e. The van der Waals surface area contributed by atoms with Gasteiger partial charge in [0.05, 0.1) is 7.11 Å². The molecule has 1 N–H and O–H groups in total. The second-order valence-corrected chi connectivity index (χ2v) is 4.77. The molecule has 22 heavy (non-hydrogen) atoms. The summed E-state index contributed by atoms with van der Waals surface area (Å²) in [6.45, 7) is 3.74. The standard InChI is InChI=1S/C19H18O3/c1-3-7-14-12-17(19(21)18(13-14)22-2)16-10-5-4-8-15(16)9-6-11-20/h3-6,8-13,21H,1,7H2,2H3. The van der Waals surface area contributed by atoms with Gasteiger partial charge >= 0.3 is 0 Å². The second kappa shape index (κ2) is 7.27. The number of aldehydes is 1. The average Bonchev–Trinajstić information content (AvgIpc) is 2.55. The van der Waals surface area contributed by atoms with Crippen molar-refractivity contribution in [3.8, 4) is 22.6 Å². The molecular weight excluding hydrogens is 276 g/mol. The van der Waals surface area contributed by atoms with E-state index >= 15 is 0 Å². The van der Waals surface area contributed by atoms with Crippen LogP contribution >= 0.6 is 0 Å². The highest BCUT2D eigenvalue weighted by atomic mass is 16.5. The van der Waals surface area contributed by atoms with Gasteiger partial charge in [-0.3, -0.25) is 4.79 Å². The molecule has 2 rings (SSSR count). The predicted molar refractivity (Wildman–Crippen MR) is 89.1 cm³/mol. The fourth-order valence-electron chi connectivity index (χ4n) is 2.34. The number of carbonyl (C=O) groups excluding carboxylic acids is 1. The van der Waals surface area contributed by atoms with E-state index in [0.717, 1.165) is 23.0 Å². The number of rotatable bonds is 6. The Labute approximate surface area is 130 Å². The lowest BCUT2D eigenvalue weighted by Gasteiger charge is -2.13. The van der Waals surface area contributed by atoms with Gasteiger partial charge < -0.3 is 9.84 Å². The monoisotopic (exact) mass is 294 g/mol. The van der Waals surface area contributed by atoms with Crippen LogP contribution in [0.1, 0.15) is 11.1 Å². The average molecular weight is 294 g/mol. The number of hydrogen-bond donors (Lipinski definition) is 1. The van der Waals surface area contributed by atoms with Gasteiger partial charge in [0.2, 0.25) is 0 Å². The number of phenols is 1. The number of methoxy groups -OCH3 is 1. The van der Waals surface area contributed by atoms with E-state index < -0.39 is 0 Å². The molecule has 0 atom stereocenters. The van der Waals surface area contributed by atoms with Crippen molar-refractivity contribution in [1.82, 2.24) is 0 Å². The van der Waals surface area contributed by atoms with Crippen molar-refractivity contribution in [2.75, 3.05) is 7.11 Å². The van der Waals surface area contributed by atoms with Crippen LogP contribution in [-0.4, -0.2) is 18.5 Å². The highest BCUT2D eigenvalue weighted by Crippen LogP contribution is 2.40. The molecule has 0 heterocycles. The molecule has 0 bridgehead atoms. The number of benzene rings is 2. The normalized spacial score (nSPS) is 10.6. The van der Waals surface area contributed by atoms with Gasteiger partial charge in [-0.1, -0.05) is 36.4 Å². The van der Waals surface area contributed by atoms with Gasteiger partial charge in [-0.2, -0.15) is 0 Å². The van der Waals surface area contributed by atoms with Gasteiger partial charge in [0.25, 0.3) is 0 Å². The lowest BCUT2D eigenvalue weighted by molar-refractivity contribution is -0.104. The van der Waals surface area contributed by atoms with Gasteiger partial charge in [-0.15, -0.1) is 6.58 Å². The summed E-state index contributed by atoms with van der Waals surface area (Å²) in [6, 6.07) is 11.3. The Morgan fingerprint density at radius 2 is 2.00 bits per heavy atom. The number of aromatic hydroxyl groups is 1. The molecule has 0 saturated carbocycles. The van der Waals surface area contributed by atoms with Crippen molar-refractivity contribution < 1.29 is 14.6 Å². The topological polar surface area (TPSA) is 46.5 Å². The number of hydrogen-bond acceptors (Lipinski definition) is 3. The third kappa shape index (κ3) is 3.26. The molecule has 0 aliphatic rings. The van der Waals surface area contributed by atoms with Crippen LogP contribution in [0.25, 0.3) is 17.2 Å². The van der Waals surface area contributed by atoms with Crippen LogP contribution in [0.4, 0.5) is 0 Å². The van der Waals surface area contributed by atoms with Gasteiger partial charge in [-0.25, -0.2) is 0 Å². The summed E-state index contributed by atoms with van der Waals surface area (Å²) in [4.78, 5) is 10.6. The molecule has 2 aromatic rings. The molecule has 0 unspecified atom stereocenters. The Morgan fingerprint density at radius 1 is 1.23 bits per heavy atom. The van der Waals surface area contributed by atoms with Crippen LogP contribution < -0.4 is 4.74 Å². The van der Waals surface area contributed by atoms with E-state index in [4.69, 9.17) is 4.74 Å². The first-order valence-corrected chi connectivity index (χ1v) is 6.93. The minimum absolute atomic E-state index is 0.0854. The molecule has 0 amide bonds. The highest BCUT2D eigenvalue weighted by Gasteiger charge is 2.14. The Bertz CT molecular complexity index is 715. The maximum absolute atomic E-state index is 10.6. The van der Waals surface area contributed by atoms with Gasteiger partial charge in [-0.05, 0) is 41.3 Å². The third-order valence-electron chi connectivity index (χ3n) is 3.34. The van der Waals surface area contributed by atoms with E-state index in [2.05, 4.69) is 6.58 Å².